The summed E-state index contributed by atoms with van der Waals surface area (Å²) < 4.78 is 0. The minimum atomic E-state index is -0.378. The largest absolute Gasteiger partial charge is 0.372 e. The number of rotatable bonds is 4. The average Bonchev–Trinajstić information content (AvgIpc) is 2.90. The van der Waals surface area contributed by atoms with Gasteiger partial charge in [-0.1, -0.05) is 12.1 Å². The van der Waals surface area contributed by atoms with Gasteiger partial charge in [-0.25, -0.2) is 0 Å². The second kappa shape index (κ2) is 6.38. The Morgan fingerprint density at radius 3 is 2.41 bits per heavy atom. The van der Waals surface area contributed by atoms with Crippen LogP contribution >= 0.6 is 0 Å². The van der Waals surface area contributed by atoms with Gasteiger partial charge in [-0.2, -0.15) is 0 Å². The number of likely N-dealkylation sites (tertiary alicyclic amines) is 1. The standard InChI is InChI=1S/C17H23N3O2/c18-17(22)14-10-16(21)20(12-14)11-13-4-6-15(7-5-13)19-8-2-1-3-9-19/h4-7,14H,1-3,8-12H2,(H2,18,22). The van der Waals surface area contributed by atoms with Crippen LogP contribution in [0.25, 0.3) is 0 Å². The van der Waals surface area contributed by atoms with Crippen molar-refractivity contribution in [1.29, 1.82) is 0 Å². The average molecular weight is 301 g/mol. The highest BCUT2D eigenvalue weighted by atomic mass is 16.2. The molecule has 2 aliphatic rings. The molecule has 0 saturated carbocycles. The van der Waals surface area contributed by atoms with E-state index in [0.29, 0.717) is 13.1 Å². The lowest BCUT2D eigenvalue weighted by molar-refractivity contribution is -0.128. The lowest BCUT2D eigenvalue weighted by atomic mass is 10.1. The minimum Gasteiger partial charge on any atom is -0.372 e. The first-order valence-corrected chi connectivity index (χ1v) is 8.04. The van der Waals surface area contributed by atoms with Gasteiger partial charge in [-0.15, -0.1) is 0 Å². The monoisotopic (exact) mass is 301 g/mol. The van der Waals surface area contributed by atoms with Gasteiger partial charge < -0.3 is 15.5 Å². The van der Waals surface area contributed by atoms with E-state index in [2.05, 4.69) is 29.2 Å². The molecule has 1 atom stereocenters. The van der Waals surface area contributed by atoms with E-state index in [1.165, 1.54) is 24.9 Å². The molecule has 2 aliphatic heterocycles. The van der Waals surface area contributed by atoms with E-state index in [4.69, 9.17) is 5.73 Å². The van der Waals surface area contributed by atoms with Crippen molar-refractivity contribution >= 4 is 17.5 Å². The molecule has 0 aromatic heterocycles. The van der Waals surface area contributed by atoms with Crippen LogP contribution in [0.3, 0.4) is 0 Å². The van der Waals surface area contributed by atoms with E-state index in [0.717, 1.165) is 18.7 Å². The number of piperidine rings is 1. The normalized spacial score (nSPS) is 22.2. The fourth-order valence-electron chi connectivity index (χ4n) is 3.30. The molecule has 5 heteroatoms. The number of carbonyl (C=O) groups excluding carboxylic acids is 2. The first kappa shape index (κ1) is 14.9. The zero-order chi connectivity index (χ0) is 15.5. The first-order chi connectivity index (χ1) is 10.6. The summed E-state index contributed by atoms with van der Waals surface area (Å²) in [5.41, 5.74) is 7.65. The summed E-state index contributed by atoms with van der Waals surface area (Å²) >= 11 is 0. The zero-order valence-corrected chi connectivity index (χ0v) is 12.8. The number of carbonyl (C=O) groups is 2. The van der Waals surface area contributed by atoms with Crippen LogP contribution in [-0.2, 0) is 16.1 Å². The van der Waals surface area contributed by atoms with E-state index in [1.54, 1.807) is 4.90 Å². The molecule has 0 radical (unpaired) electrons. The van der Waals surface area contributed by atoms with Crippen LogP contribution < -0.4 is 10.6 Å². The molecule has 1 unspecified atom stereocenters. The molecule has 0 aliphatic carbocycles. The Kier molecular flexibility index (Phi) is 4.32. The van der Waals surface area contributed by atoms with Gasteiger partial charge in [0.15, 0.2) is 0 Å². The number of primary amides is 1. The minimum absolute atomic E-state index is 0.0175. The van der Waals surface area contributed by atoms with Crippen LogP contribution in [0.5, 0.6) is 0 Å². The number of benzene rings is 1. The highest BCUT2D eigenvalue weighted by Crippen LogP contribution is 2.23. The van der Waals surface area contributed by atoms with Gasteiger partial charge in [-0.3, -0.25) is 9.59 Å². The van der Waals surface area contributed by atoms with Crippen LogP contribution in [-0.4, -0.2) is 36.3 Å². The van der Waals surface area contributed by atoms with Crippen molar-refractivity contribution in [3.05, 3.63) is 29.8 Å². The Balaban J connectivity index is 1.61. The van der Waals surface area contributed by atoms with Gasteiger partial charge in [0, 0.05) is 38.3 Å². The Labute approximate surface area is 131 Å². The third-order valence-electron chi connectivity index (χ3n) is 4.65. The second-order valence-electron chi connectivity index (χ2n) is 6.29. The summed E-state index contributed by atoms with van der Waals surface area (Å²) in [4.78, 5) is 27.3. The molecule has 2 amide bonds. The van der Waals surface area contributed by atoms with Crippen molar-refractivity contribution in [2.24, 2.45) is 11.7 Å². The topological polar surface area (TPSA) is 66.6 Å². The second-order valence-corrected chi connectivity index (χ2v) is 6.29. The number of nitrogens with two attached hydrogens (primary N) is 1. The predicted molar refractivity (Wildman–Crippen MR) is 85.2 cm³/mol. The molecule has 22 heavy (non-hydrogen) atoms. The Morgan fingerprint density at radius 2 is 1.82 bits per heavy atom. The first-order valence-electron chi connectivity index (χ1n) is 8.04. The van der Waals surface area contributed by atoms with Gasteiger partial charge in [-0.05, 0) is 37.0 Å². The van der Waals surface area contributed by atoms with Crippen LogP contribution in [0.4, 0.5) is 5.69 Å². The molecule has 0 bridgehead atoms. The zero-order valence-electron chi connectivity index (χ0n) is 12.8. The number of nitrogens with zero attached hydrogens (tertiary/aromatic N) is 2. The van der Waals surface area contributed by atoms with Gasteiger partial charge in [0.25, 0.3) is 0 Å². The molecule has 5 nitrogen and oxygen atoms in total. The van der Waals surface area contributed by atoms with E-state index in [9.17, 15) is 9.59 Å². The summed E-state index contributed by atoms with van der Waals surface area (Å²) in [6.45, 7) is 3.26. The lowest BCUT2D eigenvalue weighted by Gasteiger charge is -2.29. The number of hydrogen-bond acceptors (Lipinski definition) is 3. The predicted octanol–water partition coefficient (Wildman–Crippen LogP) is 1.51. The maximum atomic E-state index is 11.9. The van der Waals surface area contributed by atoms with Crippen LogP contribution in [0.1, 0.15) is 31.2 Å². The van der Waals surface area contributed by atoms with Crippen molar-refractivity contribution < 1.29 is 9.59 Å². The maximum Gasteiger partial charge on any atom is 0.223 e. The van der Waals surface area contributed by atoms with Gasteiger partial charge >= 0.3 is 0 Å². The van der Waals surface area contributed by atoms with Crippen molar-refractivity contribution in [2.45, 2.75) is 32.2 Å². The van der Waals surface area contributed by atoms with E-state index < -0.39 is 0 Å². The smallest absolute Gasteiger partial charge is 0.223 e. The SMILES string of the molecule is NC(=O)C1CC(=O)N(Cc2ccc(N3CCCCC3)cc2)C1. The Hall–Kier alpha value is -2.04. The molecule has 2 heterocycles. The third-order valence-corrected chi connectivity index (χ3v) is 4.65. The highest BCUT2D eigenvalue weighted by Gasteiger charge is 2.32. The van der Waals surface area contributed by atoms with Gasteiger partial charge in [0.05, 0.1) is 5.92 Å². The summed E-state index contributed by atoms with van der Waals surface area (Å²) in [5.74, 6) is -0.694. The molecular weight excluding hydrogens is 278 g/mol. The fraction of sp³-hybridized carbons (Fsp3) is 0.529. The number of amides is 2. The summed E-state index contributed by atoms with van der Waals surface area (Å²) in [6, 6.07) is 8.42. The molecule has 0 spiro atoms. The Morgan fingerprint density at radius 1 is 1.14 bits per heavy atom. The summed E-state index contributed by atoms with van der Waals surface area (Å²) in [5, 5.41) is 0. The molecular formula is C17H23N3O2. The maximum absolute atomic E-state index is 11.9. The molecule has 1 aromatic carbocycles. The van der Waals surface area contributed by atoms with Gasteiger partial charge in [0.1, 0.15) is 0 Å². The third kappa shape index (κ3) is 3.24. The molecule has 118 valence electrons. The lowest BCUT2D eigenvalue weighted by Crippen LogP contribution is -2.29. The fourth-order valence-corrected chi connectivity index (χ4v) is 3.30. The van der Waals surface area contributed by atoms with Crippen LogP contribution in [0, 0.1) is 5.92 Å². The quantitative estimate of drug-likeness (QED) is 0.916. The van der Waals surface area contributed by atoms with Crippen molar-refractivity contribution in [3.8, 4) is 0 Å². The van der Waals surface area contributed by atoms with E-state index >= 15 is 0 Å². The molecule has 2 saturated heterocycles. The molecule has 2 N–H and O–H groups in total. The highest BCUT2D eigenvalue weighted by molar-refractivity contribution is 5.88. The summed E-state index contributed by atoms with van der Waals surface area (Å²) in [7, 11) is 0. The molecule has 3 rings (SSSR count). The van der Waals surface area contributed by atoms with Crippen LogP contribution in [0.15, 0.2) is 24.3 Å². The summed E-state index contributed by atoms with van der Waals surface area (Å²) in [6.07, 6.45) is 4.10. The van der Waals surface area contributed by atoms with Crippen molar-refractivity contribution in [2.75, 3.05) is 24.5 Å². The number of hydrogen-bond donors (Lipinski definition) is 1. The number of anilines is 1. The molecule has 1 aromatic rings. The van der Waals surface area contributed by atoms with Crippen LogP contribution in [0.2, 0.25) is 0 Å². The van der Waals surface area contributed by atoms with E-state index in [-0.39, 0.29) is 24.2 Å². The van der Waals surface area contributed by atoms with E-state index in [1.807, 2.05) is 0 Å². The Bertz CT molecular complexity index is 550. The van der Waals surface area contributed by atoms with Crippen molar-refractivity contribution in [1.82, 2.24) is 4.90 Å². The van der Waals surface area contributed by atoms with Crippen molar-refractivity contribution in [3.63, 3.8) is 0 Å². The van der Waals surface area contributed by atoms with Gasteiger partial charge in [0.2, 0.25) is 11.8 Å². The molecule has 2 fully saturated rings.